The van der Waals surface area contributed by atoms with E-state index in [1.165, 1.54) is 6.07 Å². The topological polar surface area (TPSA) is 54.9 Å². The SMILES string of the molecule is Cc1cc(Br)c(F)cc1NC(=O)c1nnc(Cl)s1. The highest BCUT2D eigenvalue weighted by atomic mass is 79.9. The zero-order valence-electron chi connectivity index (χ0n) is 9.00. The Morgan fingerprint density at radius 2 is 2.22 bits per heavy atom. The Balaban J connectivity index is 2.24. The molecule has 18 heavy (non-hydrogen) atoms. The highest BCUT2D eigenvalue weighted by Gasteiger charge is 2.14. The van der Waals surface area contributed by atoms with Gasteiger partial charge in [-0.25, -0.2) is 4.39 Å². The molecule has 1 N–H and O–H groups in total. The second kappa shape index (κ2) is 5.29. The van der Waals surface area contributed by atoms with Gasteiger partial charge in [0.05, 0.1) is 4.47 Å². The molecule has 0 aliphatic heterocycles. The van der Waals surface area contributed by atoms with Gasteiger partial charge in [-0.3, -0.25) is 4.79 Å². The van der Waals surface area contributed by atoms with Crippen LogP contribution in [0.25, 0.3) is 0 Å². The Morgan fingerprint density at radius 1 is 1.50 bits per heavy atom. The summed E-state index contributed by atoms with van der Waals surface area (Å²) in [4.78, 5) is 11.8. The number of rotatable bonds is 2. The first-order valence-electron chi connectivity index (χ1n) is 4.73. The number of carbonyl (C=O) groups excluding carboxylic acids is 1. The number of hydrogen-bond donors (Lipinski definition) is 1. The lowest BCUT2D eigenvalue weighted by Gasteiger charge is -2.07. The molecule has 1 heterocycles. The zero-order valence-corrected chi connectivity index (χ0v) is 12.2. The molecule has 4 nitrogen and oxygen atoms in total. The van der Waals surface area contributed by atoms with Gasteiger partial charge in [0.2, 0.25) is 9.47 Å². The average molecular weight is 351 g/mol. The van der Waals surface area contributed by atoms with Crippen molar-refractivity contribution < 1.29 is 9.18 Å². The van der Waals surface area contributed by atoms with Crippen molar-refractivity contribution in [2.45, 2.75) is 6.92 Å². The summed E-state index contributed by atoms with van der Waals surface area (Å²) in [7, 11) is 0. The second-order valence-electron chi connectivity index (χ2n) is 3.40. The summed E-state index contributed by atoms with van der Waals surface area (Å²) >= 11 is 9.61. The number of nitrogens with zero attached hydrogens (tertiary/aromatic N) is 2. The molecule has 1 amide bonds. The number of benzene rings is 1. The van der Waals surface area contributed by atoms with E-state index in [2.05, 4.69) is 31.4 Å². The van der Waals surface area contributed by atoms with Crippen LogP contribution >= 0.6 is 38.9 Å². The Kier molecular flexibility index (Phi) is 3.94. The number of amides is 1. The van der Waals surface area contributed by atoms with Crippen LogP contribution in [0.4, 0.5) is 10.1 Å². The van der Waals surface area contributed by atoms with Crippen molar-refractivity contribution in [1.29, 1.82) is 0 Å². The summed E-state index contributed by atoms with van der Waals surface area (Å²) in [5.74, 6) is -0.921. The molecule has 8 heteroatoms. The van der Waals surface area contributed by atoms with Gasteiger partial charge in [0, 0.05) is 5.69 Å². The monoisotopic (exact) mass is 349 g/mol. The molecule has 0 spiro atoms. The summed E-state index contributed by atoms with van der Waals surface area (Å²) in [6.45, 7) is 1.76. The minimum atomic E-state index is -0.468. The van der Waals surface area contributed by atoms with Gasteiger partial charge in [-0.05, 0) is 52.2 Å². The molecule has 0 saturated carbocycles. The highest BCUT2D eigenvalue weighted by molar-refractivity contribution is 9.10. The number of hydrogen-bond acceptors (Lipinski definition) is 4. The van der Waals surface area contributed by atoms with Crippen LogP contribution in [0, 0.1) is 12.7 Å². The number of nitrogens with one attached hydrogen (secondary N) is 1. The third-order valence-electron chi connectivity index (χ3n) is 2.11. The largest absolute Gasteiger partial charge is 0.320 e. The smallest absolute Gasteiger partial charge is 0.286 e. The van der Waals surface area contributed by atoms with E-state index in [0.29, 0.717) is 10.2 Å². The number of halogens is 3. The molecule has 0 radical (unpaired) electrons. The van der Waals surface area contributed by atoms with E-state index in [0.717, 1.165) is 16.9 Å². The predicted molar refractivity (Wildman–Crippen MR) is 71.7 cm³/mol. The minimum Gasteiger partial charge on any atom is -0.320 e. The normalized spacial score (nSPS) is 10.4. The van der Waals surface area contributed by atoms with Crippen LogP contribution in [0.3, 0.4) is 0 Å². The van der Waals surface area contributed by atoms with Crippen LogP contribution in [-0.4, -0.2) is 16.1 Å². The molecule has 0 unspecified atom stereocenters. The third-order valence-corrected chi connectivity index (χ3v) is 3.74. The zero-order chi connectivity index (χ0) is 13.3. The van der Waals surface area contributed by atoms with Gasteiger partial charge in [0.25, 0.3) is 5.91 Å². The number of anilines is 1. The van der Waals surface area contributed by atoms with Gasteiger partial charge < -0.3 is 5.32 Å². The quantitative estimate of drug-likeness (QED) is 0.899. The standard InChI is InChI=1S/C10H6BrClFN3OS/c1-4-2-5(11)6(13)3-7(4)14-8(17)9-15-16-10(12)18-9/h2-3H,1H3,(H,14,17). The van der Waals surface area contributed by atoms with E-state index in [-0.39, 0.29) is 9.47 Å². The molecule has 0 saturated heterocycles. The van der Waals surface area contributed by atoms with Crippen LogP contribution in [0.1, 0.15) is 15.4 Å². The van der Waals surface area contributed by atoms with Crippen LogP contribution in [0.2, 0.25) is 4.47 Å². The first-order chi connectivity index (χ1) is 8.47. The first-order valence-corrected chi connectivity index (χ1v) is 6.72. The van der Waals surface area contributed by atoms with Crippen molar-refractivity contribution in [3.63, 3.8) is 0 Å². The molecule has 1 aromatic heterocycles. The summed E-state index contributed by atoms with van der Waals surface area (Å²) < 4.78 is 13.9. The molecule has 1 aromatic carbocycles. The molecule has 0 aliphatic carbocycles. The Bertz CT molecular complexity index is 619. The number of carbonyl (C=O) groups is 1. The fourth-order valence-electron chi connectivity index (χ4n) is 1.25. The maximum atomic E-state index is 13.4. The molecule has 2 aromatic rings. The lowest BCUT2D eigenvalue weighted by atomic mass is 10.2. The summed E-state index contributed by atoms with van der Waals surface area (Å²) in [5, 5.41) is 9.81. The lowest BCUT2D eigenvalue weighted by Crippen LogP contribution is -2.12. The number of aryl methyl sites for hydroxylation is 1. The molecule has 94 valence electrons. The van der Waals surface area contributed by atoms with Crippen LogP contribution < -0.4 is 5.32 Å². The number of aromatic nitrogens is 2. The minimum absolute atomic E-state index is 0.128. The van der Waals surface area contributed by atoms with Crippen molar-refractivity contribution in [1.82, 2.24) is 10.2 Å². The highest BCUT2D eigenvalue weighted by Crippen LogP contribution is 2.25. The maximum Gasteiger partial charge on any atom is 0.286 e. The van der Waals surface area contributed by atoms with Gasteiger partial charge in [-0.1, -0.05) is 11.3 Å². The first kappa shape index (κ1) is 13.4. The molecular formula is C10H6BrClFN3OS. The van der Waals surface area contributed by atoms with Crippen molar-refractivity contribution in [2.24, 2.45) is 0 Å². The van der Waals surface area contributed by atoms with Gasteiger partial charge in [-0.2, -0.15) is 0 Å². The van der Waals surface area contributed by atoms with E-state index in [1.54, 1.807) is 13.0 Å². The van der Waals surface area contributed by atoms with Crippen LogP contribution in [-0.2, 0) is 0 Å². The van der Waals surface area contributed by atoms with Gasteiger partial charge in [-0.15, -0.1) is 10.2 Å². The van der Waals surface area contributed by atoms with Crippen LogP contribution in [0.5, 0.6) is 0 Å². The summed E-state index contributed by atoms with van der Waals surface area (Å²) in [5.41, 5.74) is 1.11. The van der Waals surface area contributed by atoms with E-state index in [4.69, 9.17) is 11.6 Å². The van der Waals surface area contributed by atoms with E-state index < -0.39 is 11.7 Å². The third kappa shape index (κ3) is 2.85. The van der Waals surface area contributed by atoms with Gasteiger partial charge in [0.15, 0.2) is 0 Å². The van der Waals surface area contributed by atoms with Crippen molar-refractivity contribution in [3.8, 4) is 0 Å². The van der Waals surface area contributed by atoms with E-state index in [1.807, 2.05) is 0 Å². The fourth-order valence-corrected chi connectivity index (χ4v) is 2.44. The van der Waals surface area contributed by atoms with Crippen molar-refractivity contribution in [3.05, 3.63) is 37.5 Å². The molecule has 0 bridgehead atoms. The maximum absolute atomic E-state index is 13.4. The average Bonchev–Trinajstić information content (AvgIpc) is 2.73. The summed E-state index contributed by atoms with van der Waals surface area (Å²) in [6, 6.07) is 2.82. The van der Waals surface area contributed by atoms with Crippen LogP contribution in [0.15, 0.2) is 16.6 Å². The van der Waals surface area contributed by atoms with Gasteiger partial charge >= 0.3 is 0 Å². The molecule has 0 fully saturated rings. The fraction of sp³-hybridized carbons (Fsp3) is 0.100. The Morgan fingerprint density at radius 3 is 2.83 bits per heavy atom. The Hall–Kier alpha value is -1.05. The Labute approximate surface area is 119 Å². The molecule has 2 rings (SSSR count). The van der Waals surface area contributed by atoms with Gasteiger partial charge in [0.1, 0.15) is 5.82 Å². The van der Waals surface area contributed by atoms with Crippen molar-refractivity contribution in [2.75, 3.05) is 5.32 Å². The second-order valence-corrected chi connectivity index (χ2v) is 5.81. The molecule has 0 atom stereocenters. The molecular weight excluding hydrogens is 345 g/mol. The lowest BCUT2D eigenvalue weighted by molar-refractivity contribution is 0.102. The van der Waals surface area contributed by atoms with Crippen molar-refractivity contribution >= 4 is 50.5 Å². The predicted octanol–water partition coefficient (Wildman–Crippen LogP) is 3.65. The summed E-state index contributed by atoms with van der Waals surface area (Å²) in [6.07, 6.45) is 0. The molecule has 0 aliphatic rings. The van der Waals surface area contributed by atoms with E-state index in [9.17, 15) is 9.18 Å². The van der Waals surface area contributed by atoms with E-state index >= 15 is 0 Å².